The Bertz CT molecular complexity index is 536. The van der Waals surface area contributed by atoms with E-state index < -0.39 is 0 Å². The van der Waals surface area contributed by atoms with Crippen molar-refractivity contribution in [2.24, 2.45) is 0 Å². The van der Waals surface area contributed by atoms with E-state index in [1.54, 1.807) is 11.3 Å². The van der Waals surface area contributed by atoms with Crippen LogP contribution in [0.15, 0.2) is 17.9 Å². The lowest BCUT2D eigenvalue weighted by molar-refractivity contribution is 0.560. The Hall–Kier alpha value is -1.20. The number of aryl methyl sites for hydroxylation is 1. The first-order valence-electron chi connectivity index (χ1n) is 6.60. The monoisotopic (exact) mass is 278 g/mol. The zero-order chi connectivity index (χ0) is 14.0. The molecule has 0 spiro atoms. The third-order valence-corrected chi connectivity index (χ3v) is 4.12. The predicted molar refractivity (Wildman–Crippen MR) is 79.6 cm³/mol. The summed E-state index contributed by atoms with van der Waals surface area (Å²) in [5.74, 6) is 0. The molecule has 19 heavy (non-hydrogen) atoms. The third-order valence-electron chi connectivity index (χ3n) is 3.21. The zero-order valence-corrected chi connectivity index (χ0v) is 13.1. The van der Waals surface area contributed by atoms with Crippen molar-refractivity contribution in [2.75, 3.05) is 7.05 Å². The lowest BCUT2D eigenvalue weighted by Gasteiger charge is -2.17. The van der Waals surface area contributed by atoms with Gasteiger partial charge in [0.2, 0.25) is 0 Å². The maximum atomic E-state index is 4.80. The fraction of sp³-hybridized carbons (Fsp3) is 0.571. The molecule has 0 saturated heterocycles. The Morgan fingerprint density at radius 2 is 2.16 bits per heavy atom. The smallest absolute Gasteiger partial charge is 0.116 e. The number of hydrogen-bond acceptors (Lipinski definition) is 4. The summed E-state index contributed by atoms with van der Waals surface area (Å²) >= 11 is 1.71. The standard InChI is InChI=1S/C14H22N4S/c1-6-18-9-16-7-10(18)12(15-5)13-17-11(8-19-13)14(2,3)4/h7-9,12,15H,6H2,1-5H3. The minimum atomic E-state index is 0.0953. The summed E-state index contributed by atoms with van der Waals surface area (Å²) in [6, 6.07) is 0.114. The molecule has 0 amide bonds. The SMILES string of the molecule is CCn1cncc1C(NC)c1nc(C(C)(C)C)cs1. The van der Waals surface area contributed by atoms with Crippen LogP contribution in [0.4, 0.5) is 0 Å². The number of aromatic nitrogens is 3. The van der Waals surface area contributed by atoms with E-state index >= 15 is 0 Å². The molecule has 1 unspecified atom stereocenters. The second-order valence-corrected chi connectivity index (χ2v) is 6.54. The number of thiazole rings is 1. The van der Waals surface area contributed by atoms with E-state index in [0.29, 0.717) is 0 Å². The minimum absolute atomic E-state index is 0.0953. The van der Waals surface area contributed by atoms with Crippen molar-refractivity contribution < 1.29 is 0 Å². The average molecular weight is 278 g/mol. The van der Waals surface area contributed by atoms with Gasteiger partial charge in [-0.05, 0) is 14.0 Å². The van der Waals surface area contributed by atoms with Crippen LogP contribution in [0.1, 0.15) is 50.1 Å². The first-order valence-corrected chi connectivity index (χ1v) is 7.48. The molecule has 0 aliphatic heterocycles. The lowest BCUT2D eigenvalue weighted by Crippen LogP contribution is -2.21. The fourth-order valence-electron chi connectivity index (χ4n) is 2.00. The summed E-state index contributed by atoms with van der Waals surface area (Å²) in [6.45, 7) is 9.62. The molecule has 2 rings (SSSR count). The first kappa shape index (κ1) is 14.2. The third kappa shape index (κ3) is 2.87. The number of rotatable bonds is 4. The second-order valence-electron chi connectivity index (χ2n) is 5.65. The molecule has 4 nitrogen and oxygen atoms in total. The molecular formula is C14H22N4S. The highest BCUT2D eigenvalue weighted by Crippen LogP contribution is 2.29. The average Bonchev–Trinajstić information content (AvgIpc) is 2.97. The van der Waals surface area contributed by atoms with Gasteiger partial charge in [-0.15, -0.1) is 11.3 Å². The molecule has 0 bridgehead atoms. The van der Waals surface area contributed by atoms with E-state index in [9.17, 15) is 0 Å². The van der Waals surface area contributed by atoms with Crippen LogP contribution in [0.25, 0.3) is 0 Å². The highest BCUT2D eigenvalue weighted by atomic mass is 32.1. The van der Waals surface area contributed by atoms with Crippen molar-refractivity contribution in [3.8, 4) is 0 Å². The normalized spacial score (nSPS) is 13.7. The van der Waals surface area contributed by atoms with Crippen LogP contribution in [0.5, 0.6) is 0 Å². The Morgan fingerprint density at radius 1 is 1.42 bits per heavy atom. The van der Waals surface area contributed by atoms with Crippen LogP contribution in [-0.4, -0.2) is 21.6 Å². The van der Waals surface area contributed by atoms with Gasteiger partial charge in [-0.2, -0.15) is 0 Å². The Labute approximate surface area is 118 Å². The predicted octanol–water partition coefficient (Wildman–Crippen LogP) is 2.97. The van der Waals surface area contributed by atoms with E-state index in [0.717, 1.165) is 17.2 Å². The summed E-state index contributed by atoms with van der Waals surface area (Å²) in [6.07, 6.45) is 3.79. The van der Waals surface area contributed by atoms with Gasteiger partial charge in [0.05, 0.1) is 23.9 Å². The van der Waals surface area contributed by atoms with E-state index in [-0.39, 0.29) is 11.5 Å². The van der Waals surface area contributed by atoms with E-state index in [4.69, 9.17) is 4.98 Å². The molecule has 2 heterocycles. The van der Waals surface area contributed by atoms with Gasteiger partial charge in [0.1, 0.15) is 11.0 Å². The van der Waals surface area contributed by atoms with Crippen molar-refractivity contribution in [1.82, 2.24) is 19.9 Å². The highest BCUT2D eigenvalue weighted by Gasteiger charge is 2.23. The molecule has 2 aromatic heterocycles. The topological polar surface area (TPSA) is 42.7 Å². The van der Waals surface area contributed by atoms with Gasteiger partial charge in [-0.25, -0.2) is 9.97 Å². The van der Waals surface area contributed by atoms with E-state index in [2.05, 4.69) is 47.9 Å². The van der Waals surface area contributed by atoms with Gasteiger partial charge in [-0.1, -0.05) is 20.8 Å². The van der Waals surface area contributed by atoms with Crippen LogP contribution in [-0.2, 0) is 12.0 Å². The molecule has 5 heteroatoms. The minimum Gasteiger partial charge on any atom is -0.333 e. The van der Waals surface area contributed by atoms with Crippen LogP contribution >= 0.6 is 11.3 Å². The quantitative estimate of drug-likeness (QED) is 0.935. The summed E-state index contributed by atoms with van der Waals surface area (Å²) in [7, 11) is 1.97. The lowest BCUT2D eigenvalue weighted by atomic mass is 9.93. The van der Waals surface area contributed by atoms with Gasteiger partial charge in [-0.3, -0.25) is 0 Å². The molecule has 0 fully saturated rings. The molecular weight excluding hydrogens is 256 g/mol. The molecule has 104 valence electrons. The van der Waals surface area contributed by atoms with Crippen molar-refractivity contribution in [3.63, 3.8) is 0 Å². The van der Waals surface area contributed by atoms with Crippen LogP contribution in [0, 0.1) is 0 Å². The van der Waals surface area contributed by atoms with Crippen molar-refractivity contribution in [3.05, 3.63) is 34.3 Å². The molecule has 0 aliphatic rings. The van der Waals surface area contributed by atoms with Crippen LogP contribution in [0.3, 0.4) is 0 Å². The second kappa shape index (κ2) is 5.43. The first-order chi connectivity index (χ1) is 8.97. The largest absolute Gasteiger partial charge is 0.333 e. The van der Waals surface area contributed by atoms with Gasteiger partial charge in [0.25, 0.3) is 0 Å². The van der Waals surface area contributed by atoms with Crippen molar-refractivity contribution >= 4 is 11.3 Å². The molecule has 0 aromatic carbocycles. The number of imidazole rings is 1. The fourth-order valence-corrected chi connectivity index (χ4v) is 3.16. The van der Waals surface area contributed by atoms with Crippen molar-refractivity contribution in [2.45, 2.75) is 45.7 Å². The summed E-state index contributed by atoms with van der Waals surface area (Å²) in [5.41, 5.74) is 2.41. The molecule has 0 radical (unpaired) electrons. The van der Waals surface area contributed by atoms with Gasteiger partial charge < -0.3 is 9.88 Å². The molecule has 0 saturated carbocycles. The zero-order valence-electron chi connectivity index (χ0n) is 12.3. The van der Waals surface area contributed by atoms with Gasteiger partial charge in [0.15, 0.2) is 0 Å². The molecule has 0 aliphatic carbocycles. The summed E-state index contributed by atoms with van der Waals surface area (Å²) in [4.78, 5) is 9.04. The van der Waals surface area contributed by atoms with Gasteiger partial charge >= 0.3 is 0 Å². The van der Waals surface area contributed by atoms with Crippen molar-refractivity contribution in [1.29, 1.82) is 0 Å². The number of hydrogen-bond donors (Lipinski definition) is 1. The molecule has 2 aromatic rings. The van der Waals surface area contributed by atoms with Crippen LogP contribution < -0.4 is 5.32 Å². The number of nitrogens with zero attached hydrogens (tertiary/aromatic N) is 3. The number of nitrogens with one attached hydrogen (secondary N) is 1. The maximum Gasteiger partial charge on any atom is 0.116 e. The maximum absolute atomic E-state index is 4.80. The summed E-state index contributed by atoms with van der Waals surface area (Å²) in [5, 5.41) is 6.61. The Kier molecular flexibility index (Phi) is 4.06. The Balaban J connectivity index is 2.35. The van der Waals surface area contributed by atoms with E-state index in [1.807, 2.05) is 19.6 Å². The van der Waals surface area contributed by atoms with Crippen LogP contribution in [0.2, 0.25) is 0 Å². The molecule has 1 N–H and O–H groups in total. The van der Waals surface area contributed by atoms with E-state index in [1.165, 1.54) is 5.69 Å². The molecule has 1 atom stereocenters. The highest BCUT2D eigenvalue weighted by molar-refractivity contribution is 7.09. The van der Waals surface area contributed by atoms with Gasteiger partial charge in [0, 0.05) is 17.3 Å². The Morgan fingerprint density at radius 3 is 2.68 bits per heavy atom. The summed E-state index contributed by atoms with van der Waals surface area (Å²) < 4.78 is 2.15.